The van der Waals surface area contributed by atoms with Gasteiger partial charge < -0.3 is 4.90 Å². The summed E-state index contributed by atoms with van der Waals surface area (Å²) in [5.74, 6) is -1.23. The molecule has 0 aliphatic heterocycles. The number of ketones is 1. The number of benzene rings is 1. The van der Waals surface area contributed by atoms with Crippen molar-refractivity contribution in [2.24, 2.45) is 0 Å². The van der Waals surface area contributed by atoms with Crippen molar-refractivity contribution in [3.63, 3.8) is 0 Å². The van der Waals surface area contributed by atoms with Gasteiger partial charge in [0.05, 0.1) is 11.3 Å². The smallest absolute Gasteiger partial charge is 0.227 e. The first-order valence-electron chi connectivity index (χ1n) is 4.03. The summed E-state index contributed by atoms with van der Waals surface area (Å²) in [7, 11) is 3.22. The number of hydrogen-bond acceptors (Lipinski definition) is 3. The van der Waals surface area contributed by atoms with E-state index >= 15 is 0 Å². The van der Waals surface area contributed by atoms with Crippen LogP contribution in [0.25, 0.3) is 0 Å². The maximum Gasteiger partial charge on any atom is 0.227 e. The van der Waals surface area contributed by atoms with Gasteiger partial charge in [0.25, 0.3) is 0 Å². The monoisotopic (exact) mass is 195 g/mol. The Kier molecular flexibility index (Phi) is 2.96. The highest BCUT2D eigenvalue weighted by molar-refractivity contribution is 6.34. The first kappa shape index (κ1) is 10.4. The van der Waals surface area contributed by atoms with Crippen LogP contribution < -0.4 is 4.90 Å². The predicted molar refractivity (Wildman–Crippen MR) is 51.1 cm³/mol. The Balaban J connectivity index is 3.35. The summed E-state index contributed by atoms with van der Waals surface area (Å²) in [6.45, 7) is 0. The SMILES string of the molecule is CN(C)c1c(F)cccc1C(=O)C=O. The predicted octanol–water partition coefficient (Wildman–Crippen LogP) is 1.27. The molecule has 0 saturated carbocycles. The molecule has 0 unspecified atom stereocenters. The van der Waals surface area contributed by atoms with Crippen LogP contribution >= 0.6 is 0 Å². The van der Waals surface area contributed by atoms with Crippen molar-refractivity contribution in [3.05, 3.63) is 29.6 Å². The van der Waals surface area contributed by atoms with Gasteiger partial charge in [-0.25, -0.2) is 4.39 Å². The number of hydrogen-bond donors (Lipinski definition) is 0. The van der Waals surface area contributed by atoms with Gasteiger partial charge in [0, 0.05) is 14.1 Å². The lowest BCUT2D eigenvalue weighted by molar-refractivity contribution is -0.104. The van der Waals surface area contributed by atoms with E-state index < -0.39 is 11.6 Å². The average Bonchev–Trinajstić information content (AvgIpc) is 2.15. The number of nitrogens with zero attached hydrogens (tertiary/aromatic N) is 1. The van der Waals surface area contributed by atoms with Crippen LogP contribution in [0.2, 0.25) is 0 Å². The second-order valence-electron chi connectivity index (χ2n) is 3.01. The molecule has 14 heavy (non-hydrogen) atoms. The molecule has 0 amide bonds. The zero-order chi connectivity index (χ0) is 10.7. The third kappa shape index (κ3) is 1.79. The van der Waals surface area contributed by atoms with Crippen LogP contribution in [-0.2, 0) is 4.79 Å². The Morgan fingerprint density at radius 3 is 2.57 bits per heavy atom. The van der Waals surface area contributed by atoms with E-state index in [-0.39, 0.29) is 17.5 Å². The molecule has 0 aliphatic rings. The molecule has 0 aromatic heterocycles. The van der Waals surface area contributed by atoms with Crippen molar-refractivity contribution in [3.8, 4) is 0 Å². The number of para-hydroxylation sites is 1. The third-order valence-corrected chi connectivity index (χ3v) is 1.81. The topological polar surface area (TPSA) is 37.4 Å². The van der Waals surface area contributed by atoms with E-state index in [1.54, 1.807) is 14.1 Å². The highest BCUT2D eigenvalue weighted by Gasteiger charge is 2.15. The van der Waals surface area contributed by atoms with Gasteiger partial charge >= 0.3 is 0 Å². The number of carbonyl (C=O) groups excluding carboxylic acids is 2. The summed E-state index contributed by atoms with van der Waals surface area (Å²) in [6, 6.07) is 4.07. The third-order valence-electron chi connectivity index (χ3n) is 1.81. The second kappa shape index (κ2) is 4.00. The lowest BCUT2D eigenvalue weighted by Crippen LogP contribution is -2.16. The zero-order valence-corrected chi connectivity index (χ0v) is 7.95. The van der Waals surface area contributed by atoms with Gasteiger partial charge in [-0.2, -0.15) is 0 Å². The van der Waals surface area contributed by atoms with Gasteiger partial charge in [0.1, 0.15) is 5.82 Å². The molecule has 74 valence electrons. The Labute approximate surface area is 81.1 Å². The normalized spacial score (nSPS) is 9.64. The lowest BCUT2D eigenvalue weighted by atomic mass is 10.1. The van der Waals surface area contributed by atoms with Crippen LogP contribution in [-0.4, -0.2) is 26.2 Å². The van der Waals surface area contributed by atoms with E-state index in [2.05, 4.69) is 0 Å². The largest absolute Gasteiger partial charge is 0.375 e. The first-order chi connectivity index (χ1) is 6.57. The molecule has 1 aromatic rings. The standard InChI is InChI=1S/C10H10FNO2/c1-12(2)10-7(9(14)6-13)4-3-5-8(10)11/h3-6H,1-2H3. The van der Waals surface area contributed by atoms with Gasteiger partial charge in [0.15, 0.2) is 6.29 Å². The van der Waals surface area contributed by atoms with Crippen LogP contribution in [0.3, 0.4) is 0 Å². The Hall–Kier alpha value is -1.71. The van der Waals surface area contributed by atoms with Gasteiger partial charge in [-0.15, -0.1) is 0 Å². The van der Waals surface area contributed by atoms with Gasteiger partial charge in [-0.3, -0.25) is 9.59 Å². The molecular formula is C10H10FNO2. The minimum atomic E-state index is -0.715. The Morgan fingerprint density at radius 2 is 2.07 bits per heavy atom. The van der Waals surface area contributed by atoms with Gasteiger partial charge in [0.2, 0.25) is 5.78 Å². The van der Waals surface area contributed by atoms with Gasteiger partial charge in [-0.1, -0.05) is 6.07 Å². The van der Waals surface area contributed by atoms with Gasteiger partial charge in [-0.05, 0) is 12.1 Å². The highest BCUT2D eigenvalue weighted by Crippen LogP contribution is 2.22. The molecule has 0 bridgehead atoms. The maximum atomic E-state index is 13.3. The molecule has 1 rings (SSSR count). The highest BCUT2D eigenvalue weighted by atomic mass is 19.1. The minimum Gasteiger partial charge on any atom is -0.375 e. The van der Waals surface area contributed by atoms with Crippen molar-refractivity contribution in [1.29, 1.82) is 0 Å². The van der Waals surface area contributed by atoms with Crippen LogP contribution in [0, 0.1) is 5.82 Å². The molecule has 0 fully saturated rings. The lowest BCUT2D eigenvalue weighted by Gasteiger charge is -2.16. The number of halogens is 1. The molecule has 3 nitrogen and oxygen atoms in total. The molecule has 0 heterocycles. The molecule has 0 spiro atoms. The molecular weight excluding hydrogens is 185 g/mol. The van der Waals surface area contributed by atoms with E-state index in [0.717, 1.165) is 0 Å². The molecule has 0 radical (unpaired) electrons. The minimum absolute atomic E-state index is 0.0880. The number of Topliss-reactive ketones (excluding diaryl/α,β-unsaturated/α-hetero) is 1. The zero-order valence-electron chi connectivity index (χ0n) is 7.95. The van der Waals surface area contributed by atoms with Crippen LogP contribution in [0.5, 0.6) is 0 Å². The average molecular weight is 195 g/mol. The van der Waals surface area contributed by atoms with Crippen LogP contribution in [0.4, 0.5) is 10.1 Å². The Morgan fingerprint density at radius 1 is 1.43 bits per heavy atom. The van der Waals surface area contributed by atoms with Crippen molar-refractivity contribution in [2.45, 2.75) is 0 Å². The van der Waals surface area contributed by atoms with Crippen LogP contribution in [0.15, 0.2) is 18.2 Å². The summed E-state index contributed by atoms with van der Waals surface area (Å²) in [5.41, 5.74) is 0.231. The summed E-state index contributed by atoms with van der Waals surface area (Å²) in [5, 5.41) is 0. The summed E-state index contributed by atoms with van der Waals surface area (Å²) in [6.07, 6.45) is 0.182. The fourth-order valence-corrected chi connectivity index (χ4v) is 1.23. The number of rotatable bonds is 3. The number of carbonyl (C=O) groups is 2. The van der Waals surface area contributed by atoms with E-state index in [4.69, 9.17) is 0 Å². The van der Waals surface area contributed by atoms with Crippen molar-refractivity contribution >= 4 is 17.8 Å². The van der Waals surface area contributed by atoms with E-state index in [0.29, 0.717) is 0 Å². The fourth-order valence-electron chi connectivity index (χ4n) is 1.23. The summed E-state index contributed by atoms with van der Waals surface area (Å²) < 4.78 is 13.3. The van der Waals surface area contributed by atoms with Crippen LogP contribution in [0.1, 0.15) is 10.4 Å². The molecule has 1 aromatic carbocycles. The first-order valence-corrected chi connectivity index (χ1v) is 4.03. The van der Waals surface area contributed by atoms with E-state index in [1.165, 1.54) is 23.1 Å². The van der Waals surface area contributed by atoms with Crippen molar-refractivity contribution in [1.82, 2.24) is 0 Å². The Bertz CT molecular complexity index is 374. The van der Waals surface area contributed by atoms with Crippen molar-refractivity contribution < 1.29 is 14.0 Å². The second-order valence-corrected chi connectivity index (χ2v) is 3.01. The molecule has 4 heteroatoms. The molecule has 0 saturated heterocycles. The number of anilines is 1. The maximum absolute atomic E-state index is 13.3. The molecule has 0 atom stereocenters. The van der Waals surface area contributed by atoms with E-state index in [9.17, 15) is 14.0 Å². The van der Waals surface area contributed by atoms with Crippen molar-refractivity contribution in [2.75, 3.05) is 19.0 Å². The fraction of sp³-hybridized carbons (Fsp3) is 0.200. The number of aldehydes is 1. The molecule has 0 aliphatic carbocycles. The summed E-state index contributed by atoms with van der Waals surface area (Å²) in [4.78, 5) is 22.9. The quantitative estimate of drug-likeness (QED) is 0.414. The molecule has 0 N–H and O–H groups in total. The summed E-state index contributed by atoms with van der Waals surface area (Å²) >= 11 is 0. The van der Waals surface area contributed by atoms with E-state index in [1.807, 2.05) is 0 Å².